The van der Waals surface area contributed by atoms with Gasteiger partial charge >= 0.3 is 0 Å². The fourth-order valence-electron chi connectivity index (χ4n) is 1.69. The van der Waals surface area contributed by atoms with Crippen molar-refractivity contribution in [2.24, 2.45) is 5.73 Å². The van der Waals surface area contributed by atoms with Gasteiger partial charge in [-0.15, -0.1) is 0 Å². The molecule has 1 atom stereocenters. The molecule has 7 nitrogen and oxygen atoms in total. The van der Waals surface area contributed by atoms with Crippen LogP contribution in [0.4, 0.5) is 5.69 Å². The third-order valence-corrected chi connectivity index (χ3v) is 2.86. The van der Waals surface area contributed by atoms with Crippen LogP contribution in [-0.2, 0) is 0 Å². The molecule has 0 fully saturated rings. The number of pyridine rings is 1. The van der Waals surface area contributed by atoms with Gasteiger partial charge in [0.15, 0.2) is 11.5 Å². The molecule has 21 heavy (non-hydrogen) atoms. The van der Waals surface area contributed by atoms with Crippen molar-refractivity contribution in [3.05, 3.63) is 52.2 Å². The van der Waals surface area contributed by atoms with Gasteiger partial charge in [-0.25, -0.2) is 4.98 Å². The van der Waals surface area contributed by atoms with Gasteiger partial charge in [0, 0.05) is 24.4 Å². The van der Waals surface area contributed by atoms with Crippen LogP contribution in [0.5, 0.6) is 17.4 Å². The molecule has 2 rings (SSSR count). The highest BCUT2D eigenvalue weighted by Gasteiger charge is 2.13. The van der Waals surface area contributed by atoms with Crippen LogP contribution in [0, 0.1) is 10.1 Å². The van der Waals surface area contributed by atoms with E-state index in [0.717, 1.165) is 5.56 Å². The van der Waals surface area contributed by atoms with Crippen LogP contribution in [0.2, 0.25) is 0 Å². The Morgan fingerprint density at radius 3 is 2.57 bits per heavy atom. The van der Waals surface area contributed by atoms with Crippen molar-refractivity contribution >= 4 is 5.69 Å². The summed E-state index contributed by atoms with van der Waals surface area (Å²) in [5.41, 5.74) is 6.56. The second-order valence-electron chi connectivity index (χ2n) is 4.41. The van der Waals surface area contributed by atoms with Crippen LogP contribution in [0.1, 0.15) is 18.5 Å². The van der Waals surface area contributed by atoms with Crippen LogP contribution in [0.3, 0.4) is 0 Å². The van der Waals surface area contributed by atoms with Crippen LogP contribution >= 0.6 is 0 Å². The van der Waals surface area contributed by atoms with Crippen molar-refractivity contribution in [2.75, 3.05) is 7.11 Å². The third kappa shape index (κ3) is 3.46. The normalized spacial score (nSPS) is 11.8. The Balaban J connectivity index is 2.24. The topological polar surface area (TPSA) is 101 Å². The van der Waals surface area contributed by atoms with E-state index in [9.17, 15) is 10.1 Å². The summed E-state index contributed by atoms with van der Waals surface area (Å²) in [6, 6.07) is 7.49. The van der Waals surface area contributed by atoms with Crippen LogP contribution < -0.4 is 15.2 Å². The summed E-state index contributed by atoms with van der Waals surface area (Å²) in [6.45, 7) is 1.86. The first-order valence-corrected chi connectivity index (χ1v) is 6.23. The van der Waals surface area contributed by atoms with Gasteiger partial charge in [-0.05, 0) is 18.6 Å². The Morgan fingerprint density at radius 2 is 2.05 bits per heavy atom. The molecule has 0 bridgehead atoms. The lowest BCUT2D eigenvalue weighted by Crippen LogP contribution is -2.05. The molecule has 2 aromatic rings. The number of rotatable bonds is 5. The Morgan fingerprint density at radius 1 is 1.29 bits per heavy atom. The molecule has 110 valence electrons. The summed E-state index contributed by atoms with van der Waals surface area (Å²) in [5, 5.41) is 10.7. The lowest BCUT2D eigenvalue weighted by molar-refractivity contribution is -0.384. The summed E-state index contributed by atoms with van der Waals surface area (Å²) in [7, 11) is 1.42. The zero-order valence-electron chi connectivity index (χ0n) is 11.6. The number of nitrogens with two attached hydrogens (primary N) is 1. The maximum Gasteiger partial charge on any atom is 0.273 e. The van der Waals surface area contributed by atoms with Crippen molar-refractivity contribution in [1.29, 1.82) is 0 Å². The minimum absolute atomic E-state index is 0.0699. The van der Waals surface area contributed by atoms with E-state index < -0.39 is 4.92 Å². The molecule has 0 amide bonds. The van der Waals surface area contributed by atoms with E-state index in [-0.39, 0.29) is 17.5 Å². The zero-order chi connectivity index (χ0) is 15.4. The number of hydrogen-bond donors (Lipinski definition) is 1. The van der Waals surface area contributed by atoms with E-state index >= 15 is 0 Å². The maximum atomic E-state index is 10.7. The highest BCUT2D eigenvalue weighted by atomic mass is 16.6. The van der Waals surface area contributed by atoms with E-state index in [0.29, 0.717) is 11.6 Å². The summed E-state index contributed by atoms with van der Waals surface area (Å²) < 4.78 is 10.7. The number of non-ortho nitro benzene ring substituents is 1. The standard InChI is InChI=1S/C14H15N3O4/c1-9(15)10-3-6-14(16-8-10)21-12-5-4-11(17(18)19)7-13(12)20-2/h3-9H,15H2,1-2H3. The number of hydrogen-bond acceptors (Lipinski definition) is 6. The molecule has 2 N–H and O–H groups in total. The SMILES string of the molecule is COc1cc([N+](=O)[O-])ccc1Oc1ccc(C(C)N)cn1. The van der Waals surface area contributed by atoms with Gasteiger partial charge in [-0.3, -0.25) is 10.1 Å². The first kappa shape index (κ1) is 14.7. The third-order valence-electron chi connectivity index (χ3n) is 2.86. The smallest absolute Gasteiger partial charge is 0.273 e. The monoisotopic (exact) mass is 289 g/mol. The molecule has 1 heterocycles. The van der Waals surface area contributed by atoms with Crippen LogP contribution in [-0.4, -0.2) is 17.0 Å². The van der Waals surface area contributed by atoms with Gasteiger partial charge in [-0.1, -0.05) is 6.07 Å². The van der Waals surface area contributed by atoms with Gasteiger partial charge in [0.2, 0.25) is 5.88 Å². The van der Waals surface area contributed by atoms with Crippen LogP contribution in [0.15, 0.2) is 36.5 Å². The number of nitro groups is 1. The maximum absolute atomic E-state index is 10.7. The molecule has 7 heteroatoms. The van der Waals surface area contributed by atoms with Gasteiger partial charge in [-0.2, -0.15) is 0 Å². The molecule has 1 aromatic heterocycles. The fraction of sp³-hybridized carbons (Fsp3) is 0.214. The molecule has 0 aliphatic carbocycles. The lowest BCUT2D eigenvalue weighted by atomic mass is 10.2. The number of aromatic nitrogens is 1. The van der Waals surface area contributed by atoms with Crippen LogP contribution in [0.25, 0.3) is 0 Å². The Labute approximate surface area is 121 Å². The molecule has 0 radical (unpaired) electrons. The highest BCUT2D eigenvalue weighted by Crippen LogP contribution is 2.33. The van der Waals surface area contributed by atoms with Crippen molar-refractivity contribution in [3.8, 4) is 17.4 Å². The predicted octanol–water partition coefficient (Wildman–Crippen LogP) is 2.81. The average molecular weight is 289 g/mol. The quantitative estimate of drug-likeness (QED) is 0.671. The molecule has 0 aliphatic heterocycles. The Kier molecular flexibility index (Phi) is 4.34. The van der Waals surface area contributed by atoms with E-state index in [1.807, 2.05) is 13.0 Å². The highest BCUT2D eigenvalue weighted by molar-refractivity contribution is 5.49. The summed E-state index contributed by atoms with van der Waals surface area (Å²) in [4.78, 5) is 14.4. The largest absolute Gasteiger partial charge is 0.493 e. The number of nitro benzene ring substituents is 1. The molecule has 0 spiro atoms. The van der Waals surface area contributed by atoms with Gasteiger partial charge in [0.25, 0.3) is 5.69 Å². The molecule has 0 saturated carbocycles. The van der Waals surface area contributed by atoms with Crippen molar-refractivity contribution in [2.45, 2.75) is 13.0 Å². The van der Waals surface area contributed by atoms with Crippen molar-refractivity contribution in [1.82, 2.24) is 4.98 Å². The van der Waals surface area contributed by atoms with E-state index in [4.69, 9.17) is 15.2 Å². The van der Waals surface area contributed by atoms with Gasteiger partial charge in [0.05, 0.1) is 18.1 Å². The molecule has 0 aliphatic rings. The minimum Gasteiger partial charge on any atom is -0.493 e. The fourth-order valence-corrected chi connectivity index (χ4v) is 1.69. The average Bonchev–Trinajstić information content (AvgIpc) is 2.48. The number of nitrogens with zero attached hydrogens (tertiary/aromatic N) is 2. The molecular weight excluding hydrogens is 274 g/mol. The molecule has 1 unspecified atom stereocenters. The Bertz CT molecular complexity index is 641. The lowest BCUT2D eigenvalue weighted by Gasteiger charge is -2.10. The van der Waals surface area contributed by atoms with E-state index in [1.165, 1.54) is 25.3 Å². The second kappa shape index (κ2) is 6.19. The summed E-state index contributed by atoms with van der Waals surface area (Å²) in [5.74, 6) is 0.970. The number of benzene rings is 1. The number of methoxy groups -OCH3 is 1. The molecule has 1 aromatic carbocycles. The zero-order valence-corrected chi connectivity index (χ0v) is 11.6. The first-order valence-electron chi connectivity index (χ1n) is 6.23. The van der Waals surface area contributed by atoms with Gasteiger partial charge in [0.1, 0.15) is 0 Å². The molecular formula is C14H15N3O4. The number of ether oxygens (including phenoxy) is 2. The van der Waals surface area contributed by atoms with E-state index in [2.05, 4.69) is 4.98 Å². The van der Waals surface area contributed by atoms with E-state index in [1.54, 1.807) is 12.3 Å². The Hall–Kier alpha value is -2.67. The summed E-state index contributed by atoms with van der Waals surface area (Å²) >= 11 is 0. The first-order chi connectivity index (χ1) is 10.0. The second-order valence-corrected chi connectivity index (χ2v) is 4.41. The minimum atomic E-state index is -0.498. The van der Waals surface area contributed by atoms with Crippen molar-refractivity contribution in [3.63, 3.8) is 0 Å². The summed E-state index contributed by atoms with van der Waals surface area (Å²) in [6.07, 6.45) is 1.62. The molecule has 0 saturated heterocycles. The predicted molar refractivity (Wildman–Crippen MR) is 76.6 cm³/mol. The van der Waals surface area contributed by atoms with Crippen molar-refractivity contribution < 1.29 is 14.4 Å². The van der Waals surface area contributed by atoms with Gasteiger partial charge < -0.3 is 15.2 Å².